The van der Waals surface area contributed by atoms with Crippen LogP contribution >= 0.6 is 0 Å². The molecule has 2 aromatic rings. The van der Waals surface area contributed by atoms with Crippen LogP contribution in [0.25, 0.3) is 0 Å². The number of nitrogens with one attached hydrogen (secondary N) is 1. The van der Waals surface area contributed by atoms with Gasteiger partial charge in [0.05, 0.1) is 12.1 Å². The highest BCUT2D eigenvalue weighted by atomic mass is 16.2. The lowest BCUT2D eigenvalue weighted by Crippen LogP contribution is -2.64. The molecule has 2 aliphatic heterocycles. The molecule has 2 aromatic carbocycles. The smallest absolute Gasteiger partial charge is 0.245 e. The zero-order chi connectivity index (χ0) is 15.8. The summed E-state index contributed by atoms with van der Waals surface area (Å²) in [6.45, 7) is 0. The van der Waals surface area contributed by atoms with Crippen LogP contribution in [0.15, 0.2) is 60.7 Å². The van der Waals surface area contributed by atoms with Crippen LogP contribution in [0.3, 0.4) is 0 Å². The van der Waals surface area contributed by atoms with Gasteiger partial charge in [0.2, 0.25) is 11.8 Å². The molecule has 2 fully saturated rings. The van der Waals surface area contributed by atoms with Crippen LogP contribution in [0.2, 0.25) is 0 Å². The van der Waals surface area contributed by atoms with Crippen molar-refractivity contribution >= 4 is 11.8 Å². The van der Waals surface area contributed by atoms with Crippen LogP contribution in [-0.2, 0) is 9.59 Å². The first-order valence-electron chi connectivity index (χ1n) is 7.97. The Hall–Kier alpha value is -2.62. The van der Waals surface area contributed by atoms with Crippen molar-refractivity contribution in [1.82, 2.24) is 10.2 Å². The number of carbonyl (C=O) groups excluding carboxylic acids is 2. The van der Waals surface area contributed by atoms with E-state index in [2.05, 4.69) is 5.32 Å². The Balaban J connectivity index is 1.66. The quantitative estimate of drug-likeness (QED) is 0.886. The fourth-order valence-corrected chi connectivity index (χ4v) is 3.64. The number of hydrogen-bond acceptors (Lipinski definition) is 2. The number of amides is 2. The molecule has 0 aliphatic carbocycles. The summed E-state index contributed by atoms with van der Waals surface area (Å²) < 4.78 is 0. The van der Waals surface area contributed by atoms with Crippen LogP contribution in [0.1, 0.15) is 36.1 Å². The van der Waals surface area contributed by atoms with Gasteiger partial charge in [-0.25, -0.2) is 0 Å². The van der Waals surface area contributed by atoms with Gasteiger partial charge >= 0.3 is 0 Å². The van der Waals surface area contributed by atoms with Crippen LogP contribution in [0.5, 0.6) is 0 Å². The molecule has 0 spiro atoms. The molecule has 0 unspecified atom stereocenters. The van der Waals surface area contributed by atoms with Crippen molar-refractivity contribution in [2.24, 2.45) is 0 Å². The number of carbonyl (C=O) groups is 2. The molecule has 4 heteroatoms. The summed E-state index contributed by atoms with van der Waals surface area (Å²) in [7, 11) is 0. The summed E-state index contributed by atoms with van der Waals surface area (Å²) in [5.41, 5.74) is 2.15. The van der Waals surface area contributed by atoms with Crippen molar-refractivity contribution in [2.75, 3.05) is 0 Å². The summed E-state index contributed by atoms with van der Waals surface area (Å²) in [6, 6.07) is 19.3. The van der Waals surface area contributed by atoms with E-state index in [0.717, 1.165) is 17.5 Å². The third-order valence-electron chi connectivity index (χ3n) is 4.78. The highest BCUT2D eigenvalue weighted by Crippen LogP contribution is 2.40. The van der Waals surface area contributed by atoms with Gasteiger partial charge in [-0.15, -0.1) is 0 Å². The first kappa shape index (κ1) is 14.0. The maximum Gasteiger partial charge on any atom is 0.245 e. The molecule has 23 heavy (non-hydrogen) atoms. The lowest BCUT2D eigenvalue weighted by molar-refractivity contribution is -0.148. The van der Waals surface area contributed by atoms with Crippen molar-refractivity contribution in [3.05, 3.63) is 71.8 Å². The molecule has 0 aromatic heterocycles. The molecule has 2 saturated heterocycles. The predicted molar refractivity (Wildman–Crippen MR) is 86.4 cm³/mol. The SMILES string of the molecule is O=C1N[C@@H](c2ccccc2)[C@H]1N1C(=O)CC[C@@H]1c1ccccc1. The number of rotatable bonds is 3. The molecule has 2 amide bonds. The fraction of sp³-hybridized carbons (Fsp3) is 0.263. The highest BCUT2D eigenvalue weighted by molar-refractivity contribution is 5.94. The normalized spacial score (nSPS) is 26.8. The number of likely N-dealkylation sites (tertiary alicyclic amines) is 1. The van der Waals surface area contributed by atoms with E-state index in [9.17, 15) is 9.59 Å². The Kier molecular flexibility index (Phi) is 3.37. The maximum absolute atomic E-state index is 12.5. The van der Waals surface area contributed by atoms with Crippen molar-refractivity contribution in [3.8, 4) is 0 Å². The molecule has 4 nitrogen and oxygen atoms in total. The van der Waals surface area contributed by atoms with Gasteiger partial charge in [-0.05, 0) is 17.5 Å². The van der Waals surface area contributed by atoms with E-state index < -0.39 is 6.04 Å². The van der Waals surface area contributed by atoms with Gasteiger partial charge in [0.25, 0.3) is 0 Å². The molecule has 0 bridgehead atoms. The molecule has 116 valence electrons. The second-order valence-corrected chi connectivity index (χ2v) is 6.11. The molecule has 0 saturated carbocycles. The van der Waals surface area contributed by atoms with E-state index in [1.165, 1.54) is 0 Å². The summed E-state index contributed by atoms with van der Waals surface area (Å²) in [5, 5.41) is 2.95. The second-order valence-electron chi connectivity index (χ2n) is 6.11. The molecular weight excluding hydrogens is 288 g/mol. The van der Waals surface area contributed by atoms with Crippen molar-refractivity contribution < 1.29 is 9.59 Å². The molecule has 0 radical (unpaired) electrons. The molecule has 4 rings (SSSR count). The minimum Gasteiger partial charge on any atom is -0.345 e. The average molecular weight is 306 g/mol. The van der Waals surface area contributed by atoms with Gasteiger partial charge in [-0.2, -0.15) is 0 Å². The summed E-state index contributed by atoms with van der Waals surface area (Å²) in [6.07, 6.45) is 1.28. The number of nitrogens with zero attached hydrogens (tertiary/aromatic N) is 1. The minimum atomic E-state index is -0.405. The molecule has 1 N–H and O–H groups in total. The van der Waals surface area contributed by atoms with Gasteiger partial charge in [0.15, 0.2) is 0 Å². The van der Waals surface area contributed by atoms with Gasteiger partial charge in [0.1, 0.15) is 6.04 Å². The minimum absolute atomic E-state index is 0.00837. The van der Waals surface area contributed by atoms with Gasteiger partial charge in [-0.1, -0.05) is 60.7 Å². The van der Waals surface area contributed by atoms with Gasteiger partial charge in [0, 0.05) is 6.42 Å². The Bertz CT molecular complexity index is 730. The maximum atomic E-state index is 12.5. The zero-order valence-electron chi connectivity index (χ0n) is 12.7. The third kappa shape index (κ3) is 2.31. The van der Waals surface area contributed by atoms with E-state index in [1.807, 2.05) is 60.7 Å². The Morgan fingerprint density at radius 2 is 1.48 bits per heavy atom. The van der Waals surface area contributed by atoms with Crippen molar-refractivity contribution in [3.63, 3.8) is 0 Å². The topological polar surface area (TPSA) is 49.4 Å². The molecular formula is C19H18N2O2. The van der Waals surface area contributed by atoms with Crippen LogP contribution in [0.4, 0.5) is 0 Å². The predicted octanol–water partition coefficient (Wildman–Crippen LogP) is 2.59. The van der Waals surface area contributed by atoms with E-state index in [4.69, 9.17) is 0 Å². The fourth-order valence-electron chi connectivity index (χ4n) is 3.64. The van der Waals surface area contributed by atoms with E-state index >= 15 is 0 Å². The largest absolute Gasteiger partial charge is 0.345 e. The lowest BCUT2D eigenvalue weighted by Gasteiger charge is -2.44. The number of benzene rings is 2. The summed E-state index contributed by atoms with van der Waals surface area (Å²) >= 11 is 0. The molecule has 2 heterocycles. The lowest BCUT2D eigenvalue weighted by atomic mass is 9.89. The van der Waals surface area contributed by atoms with E-state index in [-0.39, 0.29) is 23.9 Å². The van der Waals surface area contributed by atoms with Crippen LogP contribution < -0.4 is 5.32 Å². The molecule has 3 atom stereocenters. The standard InChI is InChI=1S/C19H18N2O2/c22-16-12-11-15(13-7-3-1-4-8-13)21(16)18-17(20-19(18)23)14-9-5-2-6-10-14/h1-10,15,17-18H,11-12H2,(H,20,23)/t15-,17+,18-/m1/s1. The van der Waals surface area contributed by atoms with Crippen LogP contribution in [0, 0.1) is 0 Å². The number of hydrogen-bond donors (Lipinski definition) is 1. The van der Waals surface area contributed by atoms with Crippen molar-refractivity contribution in [2.45, 2.75) is 31.0 Å². The molecule has 2 aliphatic rings. The zero-order valence-corrected chi connectivity index (χ0v) is 12.7. The van der Waals surface area contributed by atoms with Crippen LogP contribution in [-0.4, -0.2) is 22.8 Å². The number of β-lactam (4-membered cyclic amide) rings is 1. The van der Waals surface area contributed by atoms with Crippen molar-refractivity contribution in [1.29, 1.82) is 0 Å². The van der Waals surface area contributed by atoms with E-state index in [1.54, 1.807) is 4.90 Å². The first-order chi connectivity index (χ1) is 11.3. The monoisotopic (exact) mass is 306 g/mol. The van der Waals surface area contributed by atoms with Gasteiger partial charge in [-0.3, -0.25) is 9.59 Å². The second kappa shape index (κ2) is 5.54. The van der Waals surface area contributed by atoms with E-state index in [0.29, 0.717) is 6.42 Å². The Labute approximate surface area is 135 Å². The summed E-state index contributed by atoms with van der Waals surface area (Å²) in [5.74, 6) is 0.00895. The Morgan fingerprint density at radius 3 is 2.09 bits per heavy atom. The average Bonchev–Trinajstić information content (AvgIpc) is 2.95. The Morgan fingerprint density at radius 1 is 0.870 bits per heavy atom. The van der Waals surface area contributed by atoms with Gasteiger partial charge < -0.3 is 10.2 Å². The summed E-state index contributed by atoms with van der Waals surface area (Å²) in [4.78, 5) is 26.5. The first-order valence-corrected chi connectivity index (χ1v) is 7.97. The highest BCUT2D eigenvalue weighted by Gasteiger charge is 2.50. The third-order valence-corrected chi connectivity index (χ3v) is 4.78.